The first kappa shape index (κ1) is 17.1. The molecule has 1 N–H and O–H groups in total. The molecule has 1 aromatic rings. The monoisotopic (exact) mass is 344 g/mol. The van der Waals surface area contributed by atoms with E-state index in [4.69, 9.17) is 11.6 Å². The van der Waals surface area contributed by atoms with Crippen LogP contribution in [-0.2, 0) is 14.8 Å². The van der Waals surface area contributed by atoms with E-state index in [-0.39, 0.29) is 12.5 Å². The number of carbonyl (C=O) groups is 1. The zero-order chi connectivity index (χ0) is 16.3. The quantitative estimate of drug-likeness (QED) is 0.826. The third-order valence-electron chi connectivity index (χ3n) is 3.62. The van der Waals surface area contributed by atoms with Gasteiger partial charge in [0.05, 0.1) is 11.9 Å². The molecule has 7 heteroatoms. The zero-order valence-corrected chi connectivity index (χ0v) is 14.4. The SMILES string of the molecule is Cc1c(Cl)cccc1N(CCCC(=O)NC1CC1)S(C)(=O)=O. The van der Waals surface area contributed by atoms with Gasteiger partial charge in [-0.1, -0.05) is 17.7 Å². The number of hydrogen-bond donors (Lipinski definition) is 1. The summed E-state index contributed by atoms with van der Waals surface area (Å²) >= 11 is 6.07. The van der Waals surface area contributed by atoms with E-state index >= 15 is 0 Å². The van der Waals surface area contributed by atoms with E-state index in [0.717, 1.165) is 24.7 Å². The molecule has 0 bridgehead atoms. The predicted molar refractivity (Wildman–Crippen MR) is 88.8 cm³/mol. The van der Waals surface area contributed by atoms with Crippen molar-refractivity contribution in [2.75, 3.05) is 17.1 Å². The second-order valence-electron chi connectivity index (χ2n) is 5.66. The Kier molecular flexibility index (Phi) is 5.34. The Morgan fingerprint density at radius 1 is 1.41 bits per heavy atom. The summed E-state index contributed by atoms with van der Waals surface area (Å²) in [4.78, 5) is 11.7. The number of nitrogens with one attached hydrogen (secondary N) is 1. The number of halogens is 1. The van der Waals surface area contributed by atoms with Gasteiger partial charge in [0, 0.05) is 24.0 Å². The summed E-state index contributed by atoms with van der Waals surface area (Å²) in [6, 6.07) is 5.51. The van der Waals surface area contributed by atoms with Crippen molar-refractivity contribution in [3.63, 3.8) is 0 Å². The predicted octanol–water partition coefficient (Wildman–Crippen LogP) is 2.47. The van der Waals surface area contributed by atoms with Gasteiger partial charge in [-0.25, -0.2) is 8.42 Å². The molecule has 0 atom stereocenters. The van der Waals surface area contributed by atoms with Crippen molar-refractivity contribution in [2.24, 2.45) is 0 Å². The van der Waals surface area contributed by atoms with Crippen molar-refractivity contribution in [2.45, 2.75) is 38.6 Å². The third kappa shape index (κ3) is 4.61. The van der Waals surface area contributed by atoms with Crippen LogP contribution in [-0.4, -0.2) is 33.2 Å². The lowest BCUT2D eigenvalue weighted by Gasteiger charge is -2.24. The van der Waals surface area contributed by atoms with Crippen molar-refractivity contribution in [1.82, 2.24) is 5.32 Å². The van der Waals surface area contributed by atoms with Crippen LogP contribution in [0.2, 0.25) is 5.02 Å². The molecule has 0 saturated heterocycles. The van der Waals surface area contributed by atoms with Crippen molar-refractivity contribution >= 4 is 33.2 Å². The topological polar surface area (TPSA) is 66.5 Å². The molecule has 0 radical (unpaired) electrons. The second-order valence-corrected chi connectivity index (χ2v) is 7.98. The minimum Gasteiger partial charge on any atom is -0.353 e. The van der Waals surface area contributed by atoms with Crippen molar-refractivity contribution in [1.29, 1.82) is 0 Å². The number of amides is 1. The number of rotatable bonds is 7. The van der Waals surface area contributed by atoms with E-state index in [0.29, 0.717) is 29.6 Å². The number of anilines is 1. The standard InChI is InChI=1S/C15H21ClN2O3S/c1-11-13(16)5-3-6-14(11)18(22(2,20)21)10-4-7-15(19)17-12-8-9-12/h3,5-6,12H,4,7-10H2,1-2H3,(H,17,19). The molecule has 0 unspecified atom stereocenters. The minimum atomic E-state index is -3.42. The Morgan fingerprint density at radius 3 is 2.68 bits per heavy atom. The van der Waals surface area contributed by atoms with Crippen LogP contribution < -0.4 is 9.62 Å². The summed E-state index contributed by atoms with van der Waals surface area (Å²) in [6.45, 7) is 2.05. The maximum atomic E-state index is 12.0. The largest absolute Gasteiger partial charge is 0.353 e. The van der Waals surface area contributed by atoms with Gasteiger partial charge in [0.15, 0.2) is 0 Å². The maximum Gasteiger partial charge on any atom is 0.232 e. The lowest BCUT2D eigenvalue weighted by molar-refractivity contribution is -0.121. The van der Waals surface area contributed by atoms with E-state index in [1.807, 2.05) is 0 Å². The Hall–Kier alpha value is -1.27. The van der Waals surface area contributed by atoms with Crippen molar-refractivity contribution in [3.05, 3.63) is 28.8 Å². The zero-order valence-electron chi connectivity index (χ0n) is 12.8. The van der Waals surface area contributed by atoms with Gasteiger partial charge in [0.2, 0.25) is 15.9 Å². The third-order valence-corrected chi connectivity index (χ3v) is 5.21. The van der Waals surface area contributed by atoms with Gasteiger partial charge in [0.1, 0.15) is 0 Å². The average Bonchev–Trinajstić information content (AvgIpc) is 3.21. The number of benzene rings is 1. The van der Waals surface area contributed by atoms with E-state index in [2.05, 4.69) is 5.32 Å². The van der Waals surface area contributed by atoms with Crippen LogP contribution in [0.25, 0.3) is 0 Å². The van der Waals surface area contributed by atoms with Crippen LogP contribution in [0, 0.1) is 6.92 Å². The Morgan fingerprint density at radius 2 is 2.09 bits per heavy atom. The summed E-state index contributed by atoms with van der Waals surface area (Å²) in [5.74, 6) is -0.0150. The molecule has 1 saturated carbocycles. The van der Waals surface area contributed by atoms with Crippen LogP contribution in [0.4, 0.5) is 5.69 Å². The molecule has 1 fully saturated rings. The van der Waals surface area contributed by atoms with Gasteiger partial charge >= 0.3 is 0 Å². The fourth-order valence-electron chi connectivity index (χ4n) is 2.24. The summed E-state index contributed by atoms with van der Waals surface area (Å²) in [5.41, 5.74) is 1.29. The van der Waals surface area contributed by atoms with Crippen LogP contribution in [0.1, 0.15) is 31.2 Å². The highest BCUT2D eigenvalue weighted by Crippen LogP contribution is 2.28. The normalized spacial score (nSPS) is 14.7. The van der Waals surface area contributed by atoms with Crippen molar-refractivity contribution in [3.8, 4) is 0 Å². The van der Waals surface area contributed by atoms with Gasteiger partial charge in [0.25, 0.3) is 0 Å². The first-order chi connectivity index (χ1) is 10.3. The summed E-state index contributed by atoms with van der Waals surface area (Å²) in [6.07, 6.45) is 4.04. The van der Waals surface area contributed by atoms with Gasteiger partial charge in [-0.3, -0.25) is 9.10 Å². The second kappa shape index (κ2) is 6.87. The Labute approximate surface area is 136 Å². The Bertz CT molecular complexity index is 657. The smallest absolute Gasteiger partial charge is 0.232 e. The van der Waals surface area contributed by atoms with Gasteiger partial charge in [-0.05, 0) is 43.9 Å². The molecular formula is C15H21ClN2O3S. The molecule has 5 nitrogen and oxygen atoms in total. The first-order valence-corrected chi connectivity index (χ1v) is 9.54. The number of hydrogen-bond acceptors (Lipinski definition) is 3. The molecule has 22 heavy (non-hydrogen) atoms. The summed E-state index contributed by atoms with van der Waals surface area (Å²) in [5, 5.41) is 3.42. The van der Waals surface area contributed by atoms with Crippen molar-refractivity contribution < 1.29 is 13.2 Å². The molecular weight excluding hydrogens is 324 g/mol. The van der Waals surface area contributed by atoms with E-state index in [1.165, 1.54) is 4.31 Å². The van der Waals surface area contributed by atoms with Gasteiger partial charge in [-0.2, -0.15) is 0 Å². The van der Waals surface area contributed by atoms with Gasteiger partial charge in [-0.15, -0.1) is 0 Å². The van der Waals surface area contributed by atoms with Crippen LogP contribution in [0.5, 0.6) is 0 Å². The fraction of sp³-hybridized carbons (Fsp3) is 0.533. The maximum absolute atomic E-state index is 12.0. The molecule has 2 rings (SSSR count). The van der Waals surface area contributed by atoms with E-state index in [9.17, 15) is 13.2 Å². The molecule has 0 aliphatic heterocycles. The lowest BCUT2D eigenvalue weighted by Crippen LogP contribution is -2.33. The molecule has 0 aromatic heterocycles. The van der Waals surface area contributed by atoms with Crippen LogP contribution in [0.3, 0.4) is 0 Å². The molecule has 0 heterocycles. The average molecular weight is 345 g/mol. The van der Waals surface area contributed by atoms with Crippen LogP contribution >= 0.6 is 11.6 Å². The number of nitrogens with zero attached hydrogens (tertiary/aromatic N) is 1. The van der Waals surface area contributed by atoms with E-state index < -0.39 is 10.0 Å². The number of carbonyl (C=O) groups excluding carboxylic acids is 1. The summed E-state index contributed by atoms with van der Waals surface area (Å²) < 4.78 is 25.4. The van der Waals surface area contributed by atoms with Crippen LogP contribution in [0.15, 0.2) is 18.2 Å². The lowest BCUT2D eigenvalue weighted by atomic mass is 10.2. The minimum absolute atomic E-state index is 0.0150. The first-order valence-electron chi connectivity index (χ1n) is 7.31. The Balaban J connectivity index is 2.03. The molecule has 1 aliphatic carbocycles. The molecule has 122 valence electrons. The highest BCUT2D eigenvalue weighted by Gasteiger charge is 2.24. The summed E-state index contributed by atoms with van der Waals surface area (Å²) in [7, 11) is -3.42. The highest BCUT2D eigenvalue weighted by molar-refractivity contribution is 7.92. The number of sulfonamides is 1. The van der Waals surface area contributed by atoms with E-state index in [1.54, 1.807) is 25.1 Å². The fourth-order valence-corrected chi connectivity index (χ4v) is 3.43. The van der Waals surface area contributed by atoms with Gasteiger partial charge < -0.3 is 5.32 Å². The molecule has 1 aromatic carbocycles. The molecule has 0 spiro atoms. The highest BCUT2D eigenvalue weighted by atomic mass is 35.5. The molecule has 1 amide bonds. The molecule has 1 aliphatic rings.